The number of methoxy groups -OCH3 is 2. The lowest BCUT2D eigenvalue weighted by Crippen LogP contribution is -2.49. The first kappa shape index (κ1) is 33.0. The molecule has 1 amide bonds. The van der Waals surface area contributed by atoms with Gasteiger partial charge < -0.3 is 19.1 Å². The third kappa shape index (κ3) is 8.26. The van der Waals surface area contributed by atoms with Gasteiger partial charge in [0.25, 0.3) is 0 Å². The number of nitrogens with zero attached hydrogens (tertiary/aromatic N) is 4. The summed E-state index contributed by atoms with van der Waals surface area (Å²) in [6, 6.07) is 20.7. The fourth-order valence-electron chi connectivity index (χ4n) is 6.21. The summed E-state index contributed by atoms with van der Waals surface area (Å²) in [4.78, 5) is 34.6. The molecule has 2 aromatic heterocycles. The number of hydrogen-bond acceptors (Lipinski definition) is 7. The second-order valence-corrected chi connectivity index (χ2v) is 12.9. The molecule has 1 aliphatic rings. The zero-order chi connectivity index (χ0) is 32.7. The van der Waals surface area contributed by atoms with Crippen molar-refractivity contribution < 1.29 is 23.8 Å². The van der Waals surface area contributed by atoms with E-state index in [2.05, 4.69) is 40.2 Å². The molecule has 0 unspecified atom stereocenters. The number of fused-ring (bicyclic) bond motifs is 1. The molecule has 46 heavy (non-hydrogen) atoms. The molecule has 9 heteroatoms. The summed E-state index contributed by atoms with van der Waals surface area (Å²) in [6.45, 7) is 8.99. The Morgan fingerprint density at radius 1 is 0.913 bits per heavy atom. The number of benzene rings is 2. The lowest BCUT2D eigenvalue weighted by atomic mass is 9.99. The molecule has 5 rings (SSSR count). The summed E-state index contributed by atoms with van der Waals surface area (Å²) < 4.78 is 18.5. The normalized spacial score (nSPS) is 14.3. The average molecular weight is 627 g/mol. The largest absolute Gasteiger partial charge is 0.496 e. The van der Waals surface area contributed by atoms with Crippen molar-refractivity contribution >= 4 is 17.7 Å². The molecule has 0 spiro atoms. The number of ether oxygens (including phenoxy) is 3. The minimum Gasteiger partial charge on any atom is -0.496 e. The zero-order valence-corrected chi connectivity index (χ0v) is 27.7. The van der Waals surface area contributed by atoms with Crippen molar-refractivity contribution in [2.45, 2.75) is 71.1 Å². The summed E-state index contributed by atoms with van der Waals surface area (Å²) in [5.41, 5.74) is 5.05. The predicted octanol–water partition coefficient (Wildman–Crippen LogP) is 6.36. The van der Waals surface area contributed by atoms with Crippen LogP contribution in [-0.2, 0) is 35.3 Å². The molecule has 0 N–H and O–H groups in total. The fraction of sp³-hybridized carbons (Fsp3) is 0.432. The van der Waals surface area contributed by atoms with Gasteiger partial charge in [0.15, 0.2) is 0 Å². The van der Waals surface area contributed by atoms with Gasteiger partial charge in [-0.05, 0) is 87.3 Å². The number of hydrogen-bond donors (Lipinski definition) is 0. The minimum atomic E-state index is -0.536. The van der Waals surface area contributed by atoms with Gasteiger partial charge >= 0.3 is 12.1 Å². The number of aromatic nitrogens is 2. The highest BCUT2D eigenvalue weighted by molar-refractivity contribution is 5.90. The van der Waals surface area contributed by atoms with Crippen LogP contribution in [-0.4, -0.2) is 76.7 Å². The zero-order valence-electron chi connectivity index (χ0n) is 27.7. The van der Waals surface area contributed by atoms with Crippen LogP contribution < -0.4 is 4.74 Å². The van der Waals surface area contributed by atoms with Crippen LogP contribution in [0, 0.1) is 0 Å². The summed E-state index contributed by atoms with van der Waals surface area (Å²) in [6.07, 6.45) is 7.19. The number of likely N-dealkylation sites (tertiary alicyclic amines) is 1. The van der Waals surface area contributed by atoms with Crippen LogP contribution in [0.4, 0.5) is 4.79 Å². The van der Waals surface area contributed by atoms with Crippen molar-refractivity contribution in [1.29, 1.82) is 0 Å². The summed E-state index contributed by atoms with van der Waals surface area (Å²) in [5.74, 6) is 0.461. The van der Waals surface area contributed by atoms with E-state index in [1.165, 1.54) is 18.2 Å². The Kier molecular flexibility index (Phi) is 10.6. The molecule has 3 heterocycles. The average Bonchev–Trinajstić information content (AvgIpc) is 3.53. The van der Waals surface area contributed by atoms with Crippen molar-refractivity contribution in [1.82, 2.24) is 19.2 Å². The third-order valence-electron chi connectivity index (χ3n) is 8.56. The number of piperidine rings is 1. The molecule has 1 fully saturated rings. The van der Waals surface area contributed by atoms with Gasteiger partial charge in [0.1, 0.15) is 22.7 Å². The number of esters is 1. The number of amides is 1. The molecule has 0 aliphatic carbocycles. The van der Waals surface area contributed by atoms with Crippen LogP contribution in [0.2, 0.25) is 0 Å². The van der Waals surface area contributed by atoms with E-state index >= 15 is 0 Å². The van der Waals surface area contributed by atoms with E-state index < -0.39 is 5.60 Å². The minimum absolute atomic E-state index is 0.142. The molecule has 1 aliphatic heterocycles. The highest BCUT2D eigenvalue weighted by Crippen LogP contribution is 2.26. The molecule has 0 saturated carbocycles. The lowest BCUT2D eigenvalue weighted by Gasteiger charge is -2.39. The van der Waals surface area contributed by atoms with Gasteiger partial charge in [-0.15, -0.1) is 0 Å². The number of pyridine rings is 1. The van der Waals surface area contributed by atoms with E-state index in [1.807, 2.05) is 56.0 Å². The third-order valence-corrected chi connectivity index (χ3v) is 8.56. The molecule has 2 aromatic carbocycles. The standard InChI is InChI=1S/C37H46N4O5/c1-37(2,3)46-36(43)40(23-17-27-9-7-6-8-10-27)31-18-21-39(22-19-31)26-28-11-12-29(32(25-28)44-4)13-14-30-15-16-33-38-20-24-41(33)34(30)35(42)45-5/h6-12,15-16,20,24-25,31H,13-14,17-19,21-23,26H2,1-5H3. The number of aryl methyl sites for hydroxylation is 2. The Morgan fingerprint density at radius 3 is 2.33 bits per heavy atom. The van der Waals surface area contributed by atoms with Crippen LogP contribution in [0.15, 0.2) is 73.1 Å². The van der Waals surface area contributed by atoms with Crippen LogP contribution in [0.5, 0.6) is 5.75 Å². The van der Waals surface area contributed by atoms with E-state index in [1.54, 1.807) is 23.9 Å². The highest BCUT2D eigenvalue weighted by Gasteiger charge is 2.31. The van der Waals surface area contributed by atoms with Crippen molar-refractivity contribution in [3.05, 3.63) is 101 Å². The van der Waals surface area contributed by atoms with E-state index in [4.69, 9.17) is 14.2 Å². The lowest BCUT2D eigenvalue weighted by molar-refractivity contribution is 0.00805. The van der Waals surface area contributed by atoms with Gasteiger partial charge in [-0.3, -0.25) is 9.30 Å². The van der Waals surface area contributed by atoms with Crippen LogP contribution in [0.3, 0.4) is 0 Å². The molecule has 4 aromatic rings. The van der Waals surface area contributed by atoms with E-state index in [0.717, 1.165) is 55.8 Å². The van der Waals surface area contributed by atoms with E-state index in [0.29, 0.717) is 30.7 Å². The van der Waals surface area contributed by atoms with Gasteiger partial charge in [0.2, 0.25) is 0 Å². The Hall–Kier alpha value is -4.37. The first-order valence-electron chi connectivity index (χ1n) is 16.1. The van der Waals surface area contributed by atoms with E-state index in [9.17, 15) is 9.59 Å². The van der Waals surface area contributed by atoms with Gasteiger partial charge in [-0.1, -0.05) is 48.5 Å². The summed E-state index contributed by atoms with van der Waals surface area (Å²) in [5, 5.41) is 0. The Labute approximate surface area is 272 Å². The molecule has 1 saturated heterocycles. The molecule has 0 atom stereocenters. The first-order valence-corrected chi connectivity index (χ1v) is 16.1. The van der Waals surface area contributed by atoms with Gasteiger partial charge in [0, 0.05) is 44.6 Å². The number of imidazole rings is 1. The van der Waals surface area contributed by atoms with Gasteiger partial charge in [0.05, 0.1) is 14.2 Å². The smallest absolute Gasteiger partial charge is 0.410 e. The predicted molar refractivity (Wildman–Crippen MR) is 178 cm³/mol. The van der Waals surface area contributed by atoms with Gasteiger partial charge in [-0.2, -0.15) is 0 Å². The molecule has 0 radical (unpaired) electrons. The number of carbonyl (C=O) groups is 2. The Morgan fingerprint density at radius 2 is 1.63 bits per heavy atom. The molecular formula is C37H46N4O5. The Bertz CT molecular complexity index is 1620. The number of rotatable bonds is 11. The monoisotopic (exact) mass is 626 g/mol. The number of carbonyl (C=O) groups excluding carboxylic acids is 2. The maximum absolute atomic E-state index is 13.3. The summed E-state index contributed by atoms with van der Waals surface area (Å²) in [7, 11) is 3.10. The Balaban J connectivity index is 1.20. The van der Waals surface area contributed by atoms with Crippen LogP contribution in [0.1, 0.15) is 66.4 Å². The molecule has 244 valence electrons. The summed E-state index contributed by atoms with van der Waals surface area (Å²) >= 11 is 0. The molecule has 0 bridgehead atoms. The van der Waals surface area contributed by atoms with Crippen molar-refractivity contribution in [2.24, 2.45) is 0 Å². The topological polar surface area (TPSA) is 85.6 Å². The highest BCUT2D eigenvalue weighted by atomic mass is 16.6. The van der Waals surface area contributed by atoms with Crippen LogP contribution in [0.25, 0.3) is 5.65 Å². The van der Waals surface area contributed by atoms with E-state index in [-0.39, 0.29) is 18.1 Å². The molecule has 9 nitrogen and oxygen atoms in total. The van der Waals surface area contributed by atoms with Crippen LogP contribution >= 0.6 is 0 Å². The maximum Gasteiger partial charge on any atom is 0.410 e. The maximum atomic E-state index is 13.3. The van der Waals surface area contributed by atoms with Crippen molar-refractivity contribution in [2.75, 3.05) is 33.9 Å². The van der Waals surface area contributed by atoms with Crippen molar-refractivity contribution in [3.8, 4) is 5.75 Å². The molecular weight excluding hydrogens is 580 g/mol. The second-order valence-electron chi connectivity index (χ2n) is 12.9. The first-order chi connectivity index (χ1) is 22.1. The van der Waals surface area contributed by atoms with Crippen molar-refractivity contribution in [3.63, 3.8) is 0 Å². The second kappa shape index (κ2) is 14.8. The van der Waals surface area contributed by atoms with Gasteiger partial charge in [-0.25, -0.2) is 14.6 Å². The SMILES string of the molecule is COC(=O)c1c(CCc2ccc(CN3CCC(N(CCc4ccccc4)C(=O)OC(C)(C)C)CC3)cc2OC)ccc2nccn12. The quantitative estimate of drug-likeness (QED) is 0.179. The fourth-order valence-corrected chi connectivity index (χ4v) is 6.21.